The topological polar surface area (TPSA) is 231 Å². The SMILES string of the molecule is CCCCCCCC(=O)N1C(=O)CN(Cc2ccccc2)C1=O.O=C(CC1CCCc2ccccc21)N1C(=O)CN(Cc2ccccc2)C1=O.O=C(C[C@@H]1CCc2ccccc21)N1C(=O)CN(Cc2ccccc2)C1=O.O=C(C[C@H]1CCc2ccccc21)N1C(=O)CN(Cc2ccccc2)C1=O. The van der Waals surface area contributed by atoms with Gasteiger partial charge in [-0.1, -0.05) is 227 Å². The molecule has 102 heavy (non-hydrogen) atoms. The second kappa shape index (κ2) is 34.4. The van der Waals surface area contributed by atoms with E-state index in [1.54, 1.807) is 0 Å². The van der Waals surface area contributed by atoms with Crippen molar-refractivity contribution in [1.29, 1.82) is 0 Å². The van der Waals surface area contributed by atoms with Crippen molar-refractivity contribution in [2.75, 3.05) is 26.2 Å². The third-order valence-corrected chi connectivity index (χ3v) is 19.8. The highest BCUT2D eigenvalue weighted by Crippen LogP contribution is 2.39. The molecule has 20 nitrogen and oxygen atoms in total. The van der Waals surface area contributed by atoms with Crippen LogP contribution >= 0.6 is 0 Å². The van der Waals surface area contributed by atoms with Crippen molar-refractivity contribution in [3.8, 4) is 0 Å². The number of aryl methyl sites for hydroxylation is 3. The summed E-state index contributed by atoms with van der Waals surface area (Å²) in [7, 11) is 0. The first kappa shape index (κ1) is 72.2. The van der Waals surface area contributed by atoms with Crippen molar-refractivity contribution in [1.82, 2.24) is 39.2 Å². The van der Waals surface area contributed by atoms with Crippen molar-refractivity contribution in [2.24, 2.45) is 0 Å². The van der Waals surface area contributed by atoms with Gasteiger partial charge in [0.1, 0.15) is 26.2 Å². The number of carbonyl (C=O) groups is 12. The first-order valence-electron chi connectivity index (χ1n) is 35.5. The predicted octanol–water partition coefficient (Wildman–Crippen LogP) is 13.0. The highest BCUT2D eigenvalue weighted by Gasteiger charge is 2.45. The fraction of sp³-hybridized carbons (Fsp3) is 0.341. The predicted molar refractivity (Wildman–Crippen MR) is 381 cm³/mol. The van der Waals surface area contributed by atoms with E-state index in [4.69, 9.17) is 0 Å². The lowest BCUT2D eigenvalue weighted by Crippen LogP contribution is -2.38. The molecule has 0 N–H and O–H groups in total. The molecule has 4 aliphatic heterocycles. The number of fused-ring (bicyclic) bond motifs is 3. The lowest BCUT2D eigenvalue weighted by Gasteiger charge is -2.26. The van der Waals surface area contributed by atoms with Crippen LogP contribution in [0, 0.1) is 0 Å². The summed E-state index contributed by atoms with van der Waals surface area (Å²) in [6, 6.07) is 60.2. The third kappa shape index (κ3) is 17.8. The third-order valence-electron chi connectivity index (χ3n) is 19.8. The molecule has 4 heterocycles. The molecule has 1 unspecified atom stereocenters. The zero-order valence-electron chi connectivity index (χ0n) is 57.7. The monoisotopic (exact) mass is 1370 g/mol. The molecule has 7 aromatic rings. The molecular formula is C82H86N8O12. The Labute approximate surface area is 594 Å². The van der Waals surface area contributed by atoms with Crippen molar-refractivity contribution >= 4 is 71.4 Å². The molecule has 14 rings (SSSR count). The van der Waals surface area contributed by atoms with Crippen LogP contribution in [0.4, 0.5) is 19.2 Å². The van der Waals surface area contributed by atoms with E-state index >= 15 is 0 Å². The van der Waals surface area contributed by atoms with E-state index in [9.17, 15) is 57.5 Å². The van der Waals surface area contributed by atoms with E-state index in [1.807, 2.05) is 170 Å². The van der Waals surface area contributed by atoms with E-state index in [2.05, 4.69) is 31.2 Å². The van der Waals surface area contributed by atoms with Crippen LogP contribution in [-0.2, 0) is 83.8 Å². The number of urea groups is 4. The molecule has 16 amide bonds. The minimum atomic E-state index is -0.505. The summed E-state index contributed by atoms with van der Waals surface area (Å²) >= 11 is 0. The molecule has 526 valence electrons. The Balaban J connectivity index is 0.000000137. The van der Waals surface area contributed by atoms with E-state index in [0.29, 0.717) is 26.2 Å². The van der Waals surface area contributed by atoms with Crippen LogP contribution < -0.4 is 0 Å². The van der Waals surface area contributed by atoms with Crippen molar-refractivity contribution in [3.05, 3.63) is 250 Å². The Morgan fingerprint density at radius 3 is 0.912 bits per heavy atom. The van der Waals surface area contributed by atoms with Crippen LogP contribution in [-0.4, -0.2) is 137 Å². The standard InChI is InChI=1S/C22H22N2O3.2C21H20N2O3.C18H24N2O3/c25-20(13-18-11-6-10-17-9-4-5-12-19(17)18)24-21(26)15-23(22(24)27)14-16-7-2-1-3-8-16;2*24-19(12-17-11-10-16-8-4-5-9-18(16)17)23-20(25)14-22(21(23)26)13-15-6-2-1-3-7-15;1-2-3-4-5-9-12-16(21)20-17(22)14-19(18(20)23)13-15-10-7-6-8-11-15/h1-5,7-9,12,18H,6,10-11,13-15H2;2*1-9,17H,10-14H2;6-8,10-11H,2-5,9,12-14H2,1H3/t;2*17-;/m.10./s1. The van der Waals surface area contributed by atoms with Gasteiger partial charge in [0.25, 0.3) is 23.6 Å². The maximum atomic E-state index is 12.8. The average Bonchev–Trinajstić information content (AvgIpc) is 1.62. The highest BCUT2D eigenvalue weighted by atomic mass is 16.2. The number of amides is 16. The lowest BCUT2D eigenvalue weighted by atomic mass is 9.81. The number of benzene rings is 7. The second-order valence-electron chi connectivity index (χ2n) is 26.9. The van der Waals surface area contributed by atoms with Crippen LogP contribution in [0.3, 0.4) is 0 Å². The Morgan fingerprint density at radius 1 is 0.314 bits per heavy atom. The summed E-state index contributed by atoms with van der Waals surface area (Å²) < 4.78 is 0. The van der Waals surface area contributed by atoms with Gasteiger partial charge >= 0.3 is 24.1 Å². The lowest BCUT2D eigenvalue weighted by molar-refractivity contribution is -0.140. The smallest absolute Gasteiger partial charge is 0.310 e. The normalized spacial score (nSPS) is 18.2. The Hall–Kier alpha value is -11.0. The van der Waals surface area contributed by atoms with Crippen molar-refractivity contribution < 1.29 is 57.5 Å². The first-order chi connectivity index (χ1) is 49.5. The molecule has 4 fully saturated rings. The first-order valence-corrected chi connectivity index (χ1v) is 35.5. The molecule has 0 saturated carbocycles. The maximum absolute atomic E-state index is 12.8. The molecule has 7 aromatic carbocycles. The molecule has 4 saturated heterocycles. The van der Waals surface area contributed by atoms with E-state index in [0.717, 1.165) is 119 Å². The van der Waals surface area contributed by atoms with Crippen LogP contribution in [0.1, 0.15) is 164 Å². The summed E-state index contributed by atoms with van der Waals surface area (Å²) in [5.41, 5.74) is 11.1. The fourth-order valence-corrected chi connectivity index (χ4v) is 14.6. The molecule has 0 aromatic heterocycles. The molecule has 3 aliphatic carbocycles. The molecule has 3 atom stereocenters. The van der Waals surface area contributed by atoms with E-state index in [-0.39, 0.29) is 81.4 Å². The second-order valence-corrected chi connectivity index (χ2v) is 26.9. The number of imide groups is 12. The fourth-order valence-electron chi connectivity index (χ4n) is 14.6. The van der Waals surface area contributed by atoms with Gasteiger partial charge in [-0.05, 0) is 125 Å². The quantitative estimate of drug-likeness (QED) is 0.0512. The van der Waals surface area contributed by atoms with Gasteiger partial charge in [0.15, 0.2) is 0 Å². The largest absolute Gasteiger partial charge is 0.334 e. The van der Waals surface area contributed by atoms with Crippen molar-refractivity contribution in [3.63, 3.8) is 0 Å². The minimum Gasteiger partial charge on any atom is -0.310 e. The molecule has 0 spiro atoms. The number of hydrogen-bond acceptors (Lipinski definition) is 12. The van der Waals surface area contributed by atoms with Gasteiger partial charge < -0.3 is 19.6 Å². The van der Waals surface area contributed by atoms with Gasteiger partial charge in [0.2, 0.25) is 23.6 Å². The average molecular weight is 1380 g/mol. The van der Waals surface area contributed by atoms with Gasteiger partial charge in [0, 0.05) is 51.9 Å². The number of carbonyl (C=O) groups excluding carboxylic acids is 12. The Morgan fingerprint density at radius 2 is 0.588 bits per heavy atom. The zero-order valence-corrected chi connectivity index (χ0v) is 57.7. The molecular weight excluding hydrogens is 1290 g/mol. The zero-order chi connectivity index (χ0) is 71.7. The van der Waals surface area contributed by atoms with Crippen LogP contribution in [0.25, 0.3) is 0 Å². The molecule has 20 heteroatoms. The summed E-state index contributed by atoms with van der Waals surface area (Å²) in [5, 5.41) is 0. The highest BCUT2D eigenvalue weighted by molar-refractivity contribution is 6.17. The number of rotatable bonds is 20. The Bertz CT molecular complexity index is 4080. The van der Waals surface area contributed by atoms with Gasteiger partial charge in [-0.25, -0.2) is 19.2 Å². The summed E-state index contributed by atoms with van der Waals surface area (Å²) in [6.45, 7) is 3.35. The van der Waals surface area contributed by atoms with Gasteiger partial charge in [-0.3, -0.25) is 38.4 Å². The van der Waals surface area contributed by atoms with Crippen LogP contribution in [0.15, 0.2) is 194 Å². The van der Waals surface area contributed by atoms with E-state index in [1.165, 1.54) is 53.0 Å². The van der Waals surface area contributed by atoms with Crippen LogP contribution in [0.2, 0.25) is 0 Å². The van der Waals surface area contributed by atoms with Gasteiger partial charge in [-0.15, -0.1) is 0 Å². The summed E-state index contributed by atoms with van der Waals surface area (Å²) in [6.07, 6.45) is 12.6. The molecule has 0 bridgehead atoms. The summed E-state index contributed by atoms with van der Waals surface area (Å²) in [4.78, 5) is 158. The molecule has 7 aliphatic rings. The van der Waals surface area contributed by atoms with E-state index < -0.39 is 59.6 Å². The maximum Gasteiger partial charge on any atom is 0.334 e. The number of unbranched alkanes of at least 4 members (excludes halogenated alkanes) is 4. The van der Waals surface area contributed by atoms with Gasteiger partial charge in [-0.2, -0.15) is 19.6 Å². The number of hydrogen-bond donors (Lipinski definition) is 0. The Kier molecular flexibility index (Phi) is 24.3. The van der Waals surface area contributed by atoms with Crippen molar-refractivity contribution in [2.45, 2.75) is 154 Å². The van der Waals surface area contributed by atoms with Gasteiger partial charge in [0.05, 0.1) is 0 Å². The molecule has 0 radical (unpaired) electrons. The number of nitrogens with zero attached hydrogens (tertiary/aromatic N) is 8. The minimum absolute atomic E-state index is 0.0185. The van der Waals surface area contributed by atoms with Crippen LogP contribution in [0.5, 0.6) is 0 Å². The summed E-state index contributed by atoms with van der Waals surface area (Å²) in [5.74, 6) is -2.99.